The number of phenolic OH excluding ortho intramolecular Hbond substituents is 1. The minimum absolute atomic E-state index is 0.144. The van der Waals surface area contributed by atoms with E-state index in [9.17, 15) is 9.90 Å². The van der Waals surface area contributed by atoms with Gasteiger partial charge in [-0.25, -0.2) is 0 Å². The number of likely N-dealkylation sites (N-methyl/N-ethyl adjacent to an activating group) is 3. The zero-order valence-corrected chi connectivity index (χ0v) is 53.4. The van der Waals surface area contributed by atoms with Crippen molar-refractivity contribution in [3.63, 3.8) is 0 Å². The number of pyridine rings is 1. The maximum atomic E-state index is 15.3. The Morgan fingerprint density at radius 2 is 1.07 bits per heavy atom. The lowest BCUT2D eigenvalue weighted by Gasteiger charge is -2.24. The first-order valence-corrected chi connectivity index (χ1v) is 31.6. The van der Waals surface area contributed by atoms with Gasteiger partial charge in [0.15, 0.2) is 0 Å². The number of aromatic nitrogens is 2. The molecule has 91 heavy (non-hydrogen) atoms. The monoisotopic (exact) mass is 1220 g/mol. The number of carbonyl (C=O) groups excluding carboxylic acids is 3. The van der Waals surface area contributed by atoms with Gasteiger partial charge in [0.25, 0.3) is 17.7 Å². The van der Waals surface area contributed by atoms with Gasteiger partial charge in [0, 0.05) is 87.8 Å². The summed E-state index contributed by atoms with van der Waals surface area (Å²) in [5.74, 6) is 1.15. The molecule has 0 spiro atoms. The molecular formula is C76H80N8O7. The molecule has 0 saturated heterocycles. The number of carbonyl (C=O) groups is 3. The molecular weight excluding hydrogens is 1140 g/mol. The molecule has 15 nitrogen and oxygen atoms in total. The number of para-hydroxylation sites is 1. The normalized spacial score (nSPS) is 18.9. The standard InChI is InChI=1S/C76H80N8O7/c1-46-19-25-53(89-34-31-82(4)5)39-59(46)71(86)79-74(29-30-74)67-45-77-44-51-37-50(23-28-56(51)67)65-42-76(65,81-73(88)61-41-55(27-21-48(61)3)91-36-33-84(8)9)64-17-12-18-68-69(64)58-15-11-14-57(70(58)78-68)66-43-75(66,63-16-10-13-49-22-24-52(85)38-62(49)63)80-72(87)60-40-54(26-20-47(60)2)90-35-32-83(6)7/h10-28,37-41,44-45,65-66,78,85H,29-36,42-43H2,1-9H3,(H,79,86)(H,80,87)(H,81,88). The van der Waals surface area contributed by atoms with Gasteiger partial charge in [-0.2, -0.15) is 0 Å². The SMILES string of the molecule is Cc1ccc(OCCN(C)C)cc1C(=O)NC1(c2cncc3cc(C4CC4(NC(=O)c4cc(OCCN(C)C)ccc4C)c4cccc5[nH]c6c(C7CC7(NC(=O)c7cc(OCCN(C)C)ccc7C)c7cccc8ccc(O)cc78)cccc6c45)ccc23)CC1. The summed E-state index contributed by atoms with van der Waals surface area (Å²) in [5, 5.41) is 27.5. The number of aryl methyl sites for hydroxylation is 3. The van der Waals surface area contributed by atoms with Crippen molar-refractivity contribution in [3.8, 4) is 23.0 Å². The first kappa shape index (κ1) is 60.6. The number of aromatic hydroxyl groups is 1. The summed E-state index contributed by atoms with van der Waals surface area (Å²) < 4.78 is 18.4. The summed E-state index contributed by atoms with van der Waals surface area (Å²) in [6.45, 7) is 9.53. The molecule has 2 heterocycles. The summed E-state index contributed by atoms with van der Waals surface area (Å²) >= 11 is 0. The summed E-state index contributed by atoms with van der Waals surface area (Å²) in [5.41, 5.74) is 8.70. The van der Waals surface area contributed by atoms with Crippen LogP contribution < -0.4 is 30.2 Å². The second kappa shape index (κ2) is 24.2. The molecule has 8 aromatic carbocycles. The second-order valence-corrected chi connectivity index (χ2v) is 26.3. The van der Waals surface area contributed by atoms with Gasteiger partial charge in [0.1, 0.15) is 42.8 Å². The Hall–Kier alpha value is -9.28. The number of hydrogen-bond acceptors (Lipinski definition) is 11. The van der Waals surface area contributed by atoms with Crippen molar-refractivity contribution in [2.24, 2.45) is 0 Å². The van der Waals surface area contributed by atoms with Crippen LogP contribution in [0.25, 0.3) is 43.4 Å². The molecule has 5 N–H and O–H groups in total. The van der Waals surface area contributed by atoms with Gasteiger partial charge in [0.05, 0.1) is 22.1 Å². The van der Waals surface area contributed by atoms with Gasteiger partial charge in [-0.15, -0.1) is 0 Å². The molecule has 0 radical (unpaired) electrons. The third-order valence-electron chi connectivity index (χ3n) is 19.1. The molecule has 0 aliphatic heterocycles. The number of H-pyrrole nitrogens is 1. The van der Waals surface area contributed by atoms with E-state index in [1.54, 1.807) is 12.1 Å². The van der Waals surface area contributed by atoms with Gasteiger partial charge >= 0.3 is 0 Å². The zero-order valence-electron chi connectivity index (χ0n) is 53.4. The van der Waals surface area contributed by atoms with Gasteiger partial charge < -0.3 is 55.0 Å². The number of nitrogens with one attached hydrogen (secondary N) is 4. The zero-order chi connectivity index (χ0) is 63.5. The molecule has 0 bridgehead atoms. The van der Waals surface area contributed by atoms with E-state index < -0.39 is 16.6 Å². The molecule has 3 saturated carbocycles. The van der Waals surface area contributed by atoms with Gasteiger partial charge in [-0.1, -0.05) is 84.9 Å². The number of benzene rings is 8. The van der Waals surface area contributed by atoms with Crippen LogP contribution in [0.3, 0.4) is 0 Å². The molecule has 4 atom stereocenters. The van der Waals surface area contributed by atoms with Gasteiger partial charge in [0.2, 0.25) is 0 Å². The predicted octanol–water partition coefficient (Wildman–Crippen LogP) is 12.5. The van der Waals surface area contributed by atoms with Crippen molar-refractivity contribution in [2.45, 2.75) is 74.9 Å². The fraction of sp³-hybridized carbons (Fsp3) is 0.316. The minimum Gasteiger partial charge on any atom is -0.508 e. The first-order chi connectivity index (χ1) is 43.8. The number of nitrogens with zero attached hydrogens (tertiary/aromatic N) is 4. The first-order valence-electron chi connectivity index (χ1n) is 31.6. The van der Waals surface area contributed by atoms with Crippen LogP contribution >= 0.6 is 0 Å². The fourth-order valence-corrected chi connectivity index (χ4v) is 13.7. The number of aromatic amines is 1. The van der Waals surface area contributed by atoms with E-state index in [4.69, 9.17) is 19.2 Å². The molecule has 3 aliphatic carbocycles. The maximum absolute atomic E-state index is 15.3. The molecule has 2 aromatic heterocycles. The van der Waals surface area contributed by atoms with Gasteiger partial charge in [-0.05, 0) is 205 Å². The van der Waals surface area contributed by atoms with Crippen LogP contribution in [0, 0.1) is 20.8 Å². The van der Waals surface area contributed by atoms with Crippen LogP contribution in [0.15, 0.2) is 158 Å². The van der Waals surface area contributed by atoms with Crippen LogP contribution in [0.5, 0.6) is 23.0 Å². The van der Waals surface area contributed by atoms with E-state index in [2.05, 4.69) is 96.3 Å². The Kier molecular flexibility index (Phi) is 16.1. The number of phenols is 1. The molecule has 3 fully saturated rings. The predicted molar refractivity (Wildman–Crippen MR) is 360 cm³/mol. The van der Waals surface area contributed by atoms with Crippen LogP contribution in [0.2, 0.25) is 0 Å². The second-order valence-electron chi connectivity index (χ2n) is 26.3. The molecule has 4 unspecified atom stereocenters. The van der Waals surface area contributed by atoms with Gasteiger partial charge in [-0.3, -0.25) is 19.4 Å². The lowest BCUT2D eigenvalue weighted by atomic mass is 9.90. The van der Waals surface area contributed by atoms with Crippen molar-refractivity contribution in [1.82, 2.24) is 40.6 Å². The van der Waals surface area contributed by atoms with Crippen molar-refractivity contribution < 1.29 is 33.7 Å². The summed E-state index contributed by atoms with van der Waals surface area (Å²) in [6.07, 6.45) is 6.56. The van der Waals surface area contributed by atoms with Crippen molar-refractivity contribution in [3.05, 3.63) is 219 Å². The van der Waals surface area contributed by atoms with E-state index in [-0.39, 0.29) is 35.3 Å². The average Bonchev–Trinajstić information content (AvgIpc) is 1.54. The van der Waals surface area contributed by atoms with E-state index >= 15 is 9.59 Å². The minimum atomic E-state index is -0.867. The van der Waals surface area contributed by atoms with Crippen molar-refractivity contribution in [1.29, 1.82) is 0 Å². The topological polar surface area (TPSA) is 174 Å². The van der Waals surface area contributed by atoms with Crippen LogP contribution in [0.1, 0.15) is 113 Å². The van der Waals surface area contributed by atoms with E-state index in [1.807, 2.05) is 148 Å². The smallest absolute Gasteiger partial charge is 0.252 e. The summed E-state index contributed by atoms with van der Waals surface area (Å²) in [7, 11) is 12.0. The third-order valence-corrected chi connectivity index (χ3v) is 19.1. The molecule has 466 valence electrons. The number of fused-ring (bicyclic) bond motifs is 5. The lowest BCUT2D eigenvalue weighted by Crippen LogP contribution is -2.37. The van der Waals surface area contributed by atoms with Crippen LogP contribution in [0.4, 0.5) is 0 Å². The molecule has 15 heteroatoms. The Labute approximate surface area is 531 Å². The Balaban J connectivity index is 0.877. The summed E-state index contributed by atoms with van der Waals surface area (Å²) in [6, 6.07) is 48.0. The highest BCUT2D eigenvalue weighted by atomic mass is 16.5. The number of rotatable bonds is 23. The molecule has 13 rings (SSSR count). The highest BCUT2D eigenvalue weighted by Crippen LogP contribution is 2.63. The van der Waals surface area contributed by atoms with E-state index in [0.717, 1.165) is 120 Å². The summed E-state index contributed by atoms with van der Waals surface area (Å²) in [4.78, 5) is 59.5. The Morgan fingerprint density at radius 3 is 1.65 bits per heavy atom. The van der Waals surface area contributed by atoms with Crippen molar-refractivity contribution >= 4 is 61.1 Å². The number of hydrogen-bond donors (Lipinski definition) is 5. The fourth-order valence-electron chi connectivity index (χ4n) is 13.7. The Morgan fingerprint density at radius 1 is 0.527 bits per heavy atom. The Bertz CT molecular complexity index is 4490. The lowest BCUT2D eigenvalue weighted by molar-refractivity contribution is 0.0920. The number of ether oxygens (including phenoxy) is 3. The van der Waals surface area contributed by atoms with Crippen LogP contribution in [-0.2, 0) is 16.6 Å². The van der Waals surface area contributed by atoms with Crippen molar-refractivity contribution in [2.75, 3.05) is 81.7 Å². The molecule has 3 amide bonds. The quantitative estimate of drug-likeness (QED) is 0.0412. The molecule has 10 aromatic rings. The van der Waals surface area contributed by atoms with E-state index in [0.29, 0.717) is 66.6 Å². The number of amides is 3. The van der Waals surface area contributed by atoms with Crippen LogP contribution in [-0.4, -0.2) is 129 Å². The third kappa shape index (κ3) is 11.8. The average molecular weight is 1220 g/mol. The van der Waals surface area contributed by atoms with E-state index in [1.165, 1.54) is 0 Å². The highest BCUT2D eigenvalue weighted by Gasteiger charge is 2.60. The largest absolute Gasteiger partial charge is 0.508 e. The molecule has 3 aliphatic rings. The highest BCUT2D eigenvalue weighted by molar-refractivity contribution is 6.11. The maximum Gasteiger partial charge on any atom is 0.252 e.